The van der Waals surface area contributed by atoms with E-state index in [4.69, 9.17) is 10.5 Å². The summed E-state index contributed by atoms with van der Waals surface area (Å²) in [6.45, 7) is 6.77. The topological polar surface area (TPSA) is 38.5 Å². The Balaban J connectivity index is 2.18. The summed E-state index contributed by atoms with van der Waals surface area (Å²) in [6.07, 6.45) is -0.299. The van der Waals surface area contributed by atoms with E-state index in [9.17, 15) is 4.39 Å². The van der Waals surface area contributed by atoms with Gasteiger partial charge in [-0.25, -0.2) is 4.39 Å². The molecule has 1 atom stereocenters. The number of hydrogen-bond acceptors (Lipinski definition) is 3. The molecule has 4 heteroatoms. The molecule has 16 heavy (non-hydrogen) atoms. The van der Waals surface area contributed by atoms with Crippen molar-refractivity contribution >= 4 is 0 Å². The first-order chi connectivity index (χ1) is 7.68. The zero-order valence-corrected chi connectivity index (χ0v) is 9.16. The molecule has 87 valence electrons. The van der Waals surface area contributed by atoms with E-state index >= 15 is 0 Å². The molecule has 3 nitrogen and oxygen atoms in total. The summed E-state index contributed by atoms with van der Waals surface area (Å²) in [4.78, 5) is 2.08. The van der Waals surface area contributed by atoms with E-state index in [0.717, 1.165) is 24.2 Å². The quantitative estimate of drug-likeness (QED) is 0.821. The Labute approximate surface area is 95.0 Å². The van der Waals surface area contributed by atoms with Crippen LogP contribution in [-0.4, -0.2) is 31.2 Å². The smallest absolute Gasteiger partial charge is 0.123 e. The Kier molecular flexibility index (Phi) is 3.53. The Morgan fingerprint density at radius 2 is 2.06 bits per heavy atom. The average molecular weight is 223 g/mol. The molecule has 1 radical (unpaired) electrons. The maximum absolute atomic E-state index is 13.1. The second-order valence-electron chi connectivity index (χ2n) is 3.94. The van der Waals surface area contributed by atoms with Gasteiger partial charge in [-0.15, -0.1) is 0 Å². The molecule has 1 unspecified atom stereocenters. The standard InChI is InChI=1S/C12H16FN2O/c1-9-2-3-10(13)8-11(9)12(14)15-4-6-16-7-5-15/h2-3,8,12H,1,4-7,14H2. The SMILES string of the molecule is [CH2]c1ccc(F)cc1C(N)N1CCOCC1. The number of halogens is 1. The fraction of sp³-hybridized carbons (Fsp3) is 0.417. The van der Waals surface area contributed by atoms with Crippen LogP contribution in [0.3, 0.4) is 0 Å². The molecule has 0 aliphatic carbocycles. The highest BCUT2D eigenvalue weighted by Gasteiger charge is 2.20. The second-order valence-corrected chi connectivity index (χ2v) is 3.94. The van der Waals surface area contributed by atoms with Crippen LogP contribution in [0.2, 0.25) is 0 Å². The van der Waals surface area contributed by atoms with Gasteiger partial charge in [0.1, 0.15) is 5.82 Å². The summed E-state index contributed by atoms with van der Waals surface area (Å²) >= 11 is 0. The van der Waals surface area contributed by atoms with Crippen molar-refractivity contribution in [2.45, 2.75) is 6.17 Å². The first kappa shape index (κ1) is 11.5. The van der Waals surface area contributed by atoms with Gasteiger partial charge in [-0.3, -0.25) is 4.90 Å². The molecule has 1 aromatic carbocycles. The first-order valence-corrected chi connectivity index (χ1v) is 5.37. The molecular formula is C12H16FN2O. The van der Waals surface area contributed by atoms with Crippen molar-refractivity contribution in [2.24, 2.45) is 5.73 Å². The molecule has 0 spiro atoms. The lowest BCUT2D eigenvalue weighted by molar-refractivity contribution is 0.0172. The van der Waals surface area contributed by atoms with Crippen LogP contribution in [0, 0.1) is 12.7 Å². The first-order valence-electron chi connectivity index (χ1n) is 5.37. The molecule has 1 saturated heterocycles. The van der Waals surface area contributed by atoms with Crippen LogP contribution in [0.15, 0.2) is 18.2 Å². The van der Waals surface area contributed by atoms with Gasteiger partial charge in [-0.1, -0.05) is 6.07 Å². The van der Waals surface area contributed by atoms with Crippen LogP contribution in [0.25, 0.3) is 0 Å². The lowest BCUT2D eigenvalue weighted by Crippen LogP contribution is -2.42. The molecular weight excluding hydrogens is 207 g/mol. The van der Waals surface area contributed by atoms with Gasteiger partial charge in [0.25, 0.3) is 0 Å². The van der Waals surface area contributed by atoms with Gasteiger partial charge in [0.2, 0.25) is 0 Å². The van der Waals surface area contributed by atoms with Crippen LogP contribution in [0.1, 0.15) is 17.3 Å². The molecule has 1 heterocycles. The van der Waals surface area contributed by atoms with Gasteiger partial charge in [0.05, 0.1) is 19.4 Å². The van der Waals surface area contributed by atoms with Crippen LogP contribution in [-0.2, 0) is 4.74 Å². The van der Waals surface area contributed by atoms with Gasteiger partial charge >= 0.3 is 0 Å². The minimum Gasteiger partial charge on any atom is -0.379 e. The number of benzene rings is 1. The summed E-state index contributed by atoms with van der Waals surface area (Å²) in [6, 6.07) is 4.52. The van der Waals surface area contributed by atoms with Gasteiger partial charge in [-0.2, -0.15) is 0 Å². The third-order valence-electron chi connectivity index (χ3n) is 2.87. The lowest BCUT2D eigenvalue weighted by Gasteiger charge is -2.32. The van der Waals surface area contributed by atoms with Crippen molar-refractivity contribution < 1.29 is 9.13 Å². The molecule has 1 aliphatic rings. The van der Waals surface area contributed by atoms with E-state index in [1.54, 1.807) is 6.07 Å². The molecule has 2 N–H and O–H groups in total. The monoisotopic (exact) mass is 223 g/mol. The largest absolute Gasteiger partial charge is 0.379 e. The fourth-order valence-corrected chi connectivity index (χ4v) is 1.89. The lowest BCUT2D eigenvalue weighted by atomic mass is 10.1. The second kappa shape index (κ2) is 4.91. The van der Waals surface area contributed by atoms with Gasteiger partial charge in [0, 0.05) is 13.1 Å². The summed E-state index contributed by atoms with van der Waals surface area (Å²) < 4.78 is 18.4. The molecule has 0 bridgehead atoms. The van der Waals surface area contributed by atoms with Crippen molar-refractivity contribution in [3.05, 3.63) is 42.1 Å². The highest BCUT2D eigenvalue weighted by atomic mass is 19.1. The molecule has 1 aromatic rings. The van der Waals surface area contributed by atoms with E-state index in [1.807, 2.05) is 0 Å². The maximum atomic E-state index is 13.1. The minimum atomic E-state index is -0.299. The molecule has 2 rings (SSSR count). The maximum Gasteiger partial charge on any atom is 0.123 e. The number of hydrogen-bond donors (Lipinski definition) is 1. The average Bonchev–Trinajstić information content (AvgIpc) is 2.32. The van der Waals surface area contributed by atoms with Crippen LogP contribution in [0.4, 0.5) is 4.39 Å². The molecule has 1 fully saturated rings. The summed E-state index contributed by atoms with van der Waals surface area (Å²) in [5, 5.41) is 0. The third kappa shape index (κ3) is 2.40. The Morgan fingerprint density at radius 1 is 1.38 bits per heavy atom. The Bertz CT molecular complexity index is 364. The predicted molar refractivity (Wildman–Crippen MR) is 60.2 cm³/mol. The zero-order chi connectivity index (χ0) is 11.5. The number of nitrogens with two attached hydrogens (primary N) is 1. The summed E-state index contributed by atoms with van der Waals surface area (Å²) in [5.74, 6) is -0.272. The number of morpholine rings is 1. The van der Waals surface area contributed by atoms with Crippen molar-refractivity contribution in [1.29, 1.82) is 0 Å². The number of nitrogens with zero attached hydrogens (tertiary/aromatic N) is 1. The molecule has 0 saturated carbocycles. The minimum absolute atomic E-state index is 0.272. The molecule has 1 aliphatic heterocycles. The highest BCUT2D eigenvalue weighted by molar-refractivity contribution is 5.32. The van der Waals surface area contributed by atoms with E-state index in [1.165, 1.54) is 12.1 Å². The van der Waals surface area contributed by atoms with E-state index < -0.39 is 0 Å². The normalized spacial score (nSPS) is 19.7. The number of ether oxygens (including phenoxy) is 1. The third-order valence-corrected chi connectivity index (χ3v) is 2.87. The zero-order valence-electron chi connectivity index (χ0n) is 9.16. The summed E-state index contributed by atoms with van der Waals surface area (Å²) in [7, 11) is 0. The number of rotatable bonds is 2. The predicted octanol–water partition coefficient (Wildman–Crippen LogP) is 1.30. The fourth-order valence-electron chi connectivity index (χ4n) is 1.89. The van der Waals surface area contributed by atoms with Crippen LogP contribution < -0.4 is 5.73 Å². The van der Waals surface area contributed by atoms with Crippen LogP contribution >= 0.6 is 0 Å². The van der Waals surface area contributed by atoms with Crippen molar-refractivity contribution in [2.75, 3.05) is 26.3 Å². The van der Waals surface area contributed by atoms with Crippen molar-refractivity contribution in [1.82, 2.24) is 4.90 Å². The van der Waals surface area contributed by atoms with E-state index in [-0.39, 0.29) is 12.0 Å². The van der Waals surface area contributed by atoms with E-state index in [0.29, 0.717) is 13.2 Å². The molecule has 0 aromatic heterocycles. The van der Waals surface area contributed by atoms with Crippen molar-refractivity contribution in [3.8, 4) is 0 Å². The van der Waals surface area contributed by atoms with Gasteiger partial charge in [0.15, 0.2) is 0 Å². The van der Waals surface area contributed by atoms with E-state index in [2.05, 4.69) is 11.8 Å². The Hall–Kier alpha value is -0.970. The summed E-state index contributed by atoms with van der Waals surface area (Å²) in [5.41, 5.74) is 7.63. The van der Waals surface area contributed by atoms with Crippen LogP contribution in [0.5, 0.6) is 0 Å². The molecule has 0 amide bonds. The van der Waals surface area contributed by atoms with Gasteiger partial charge in [-0.05, 0) is 30.2 Å². The highest BCUT2D eigenvalue weighted by Crippen LogP contribution is 2.21. The van der Waals surface area contributed by atoms with Gasteiger partial charge < -0.3 is 10.5 Å². The Morgan fingerprint density at radius 3 is 2.75 bits per heavy atom. The van der Waals surface area contributed by atoms with Crippen molar-refractivity contribution in [3.63, 3.8) is 0 Å².